The Hall–Kier alpha value is -1.26. The van der Waals surface area contributed by atoms with E-state index in [1.807, 2.05) is 30.0 Å². The number of carbonyl (C=O) groups excluding carboxylic acids is 1. The molecule has 0 bridgehead atoms. The van der Waals surface area contributed by atoms with Gasteiger partial charge < -0.3 is 0 Å². The Morgan fingerprint density at radius 2 is 1.96 bits per heavy atom. The van der Waals surface area contributed by atoms with Crippen LogP contribution in [0.3, 0.4) is 0 Å². The second-order valence-corrected chi connectivity index (χ2v) is 10.8. The summed E-state index contributed by atoms with van der Waals surface area (Å²) in [5.41, 5.74) is 2.19. The second kappa shape index (κ2) is 9.98. The number of methoxy groups -OCH3 is 1. The first-order valence-corrected chi connectivity index (χ1v) is 12.8. The molecule has 0 spiro atoms. The molecule has 1 saturated heterocycles. The maximum atomic E-state index is 12.1. The van der Waals surface area contributed by atoms with Crippen LogP contribution in [0.15, 0.2) is 54.6 Å². The molecule has 0 unspecified atom stereocenters. The molecule has 0 amide bonds. The fourth-order valence-corrected chi connectivity index (χ4v) is 7.57. The zero-order chi connectivity index (χ0) is 20.0. The van der Waals surface area contributed by atoms with Crippen LogP contribution >= 0.6 is 11.8 Å². The Bertz CT molecular complexity index is 782. The van der Waals surface area contributed by atoms with Crippen LogP contribution in [-0.4, -0.2) is 40.4 Å². The molecule has 3 nitrogen and oxygen atoms in total. The van der Waals surface area contributed by atoms with Gasteiger partial charge in [-0.2, -0.15) is 0 Å². The standard InChI is InChI=1S/C23H28O3SSe/c1-4-27-17(2)20-12-8-9-13-21(20)28-16-23(19-10-6-5-7-11-19)14-18(15-26-23)22(24)25-3/h5-13,17-18H,4,14-16H2,1-3H3/t17-,18+,23+/m1/s1. The number of rotatable bonds is 8. The molecule has 1 aliphatic heterocycles. The summed E-state index contributed by atoms with van der Waals surface area (Å²) in [5, 5.41) is 1.40. The van der Waals surface area contributed by atoms with Gasteiger partial charge in [-0.25, -0.2) is 0 Å². The van der Waals surface area contributed by atoms with Crippen molar-refractivity contribution in [2.45, 2.75) is 36.4 Å². The van der Waals surface area contributed by atoms with Gasteiger partial charge in [0, 0.05) is 0 Å². The summed E-state index contributed by atoms with van der Waals surface area (Å²) in [6, 6.07) is 19.1. The summed E-state index contributed by atoms with van der Waals surface area (Å²) in [5.74, 6) is 0.755. The van der Waals surface area contributed by atoms with Gasteiger partial charge in [-0.15, -0.1) is 0 Å². The number of hydrogen-bond donors (Lipinski definition) is 0. The van der Waals surface area contributed by atoms with Crippen molar-refractivity contribution in [1.29, 1.82) is 0 Å². The van der Waals surface area contributed by atoms with E-state index < -0.39 is 5.60 Å². The van der Waals surface area contributed by atoms with Crippen LogP contribution in [0.2, 0.25) is 5.32 Å². The van der Waals surface area contributed by atoms with Gasteiger partial charge >= 0.3 is 179 Å². The van der Waals surface area contributed by atoms with Gasteiger partial charge in [0.1, 0.15) is 0 Å². The monoisotopic (exact) mass is 464 g/mol. The molecule has 5 heteroatoms. The molecule has 0 saturated carbocycles. The third-order valence-electron chi connectivity index (χ3n) is 5.21. The van der Waals surface area contributed by atoms with Gasteiger partial charge in [-0.3, -0.25) is 0 Å². The van der Waals surface area contributed by atoms with Gasteiger partial charge in [0.05, 0.1) is 0 Å². The minimum absolute atomic E-state index is 0.168. The van der Waals surface area contributed by atoms with Crippen molar-refractivity contribution < 1.29 is 14.3 Å². The van der Waals surface area contributed by atoms with E-state index in [9.17, 15) is 4.79 Å². The molecule has 2 aromatic rings. The molecule has 0 N–H and O–H groups in total. The predicted octanol–water partition coefficient (Wildman–Crippen LogP) is 4.35. The predicted molar refractivity (Wildman–Crippen MR) is 117 cm³/mol. The maximum absolute atomic E-state index is 12.1. The van der Waals surface area contributed by atoms with Crippen LogP contribution in [0.4, 0.5) is 0 Å². The first kappa shape index (κ1) is 21.4. The van der Waals surface area contributed by atoms with Crippen molar-refractivity contribution in [1.82, 2.24) is 0 Å². The van der Waals surface area contributed by atoms with Crippen LogP contribution in [-0.2, 0) is 19.9 Å². The number of ether oxygens (including phenoxy) is 2. The molecule has 3 atom stereocenters. The van der Waals surface area contributed by atoms with Crippen molar-refractivity contribution in [2.24, 2.45) is 5.92 Å². The summed E-state index contributed by atoms with van der Waals surface area (Å²) in [6.07, 6.45) is 0.687. The molecule has 28 heavy (non-hydrogen) atoms. The number of thioether (sulfide) groups is 1. The van der Waals surface area contributed by atoms with E-state index in [1.54, 1.807) is 0 Å². The zero-order valence-corrected chi connectivity index (χ0v) is 19.3. The fourth-order valence-electron chi connectivity index (χ4n) is 3.70. The van der Waals surface area contributed by atoms with Crippen molar-refractivity contribution in [2.75, 3.05) is 19.5 Å². The first-order chi connectivity index (χ1) is 13.6. The minimum atomic E-state index is -0.408. The summed E-state index contributed by atoms with van der Waals surface area (Å²) >= 11 is 2.23. The van der Waals surface area contributed by atoms with Crippen molar-refractivity contribution in [3.8, 4) is 0 Å². The van der Waals surface area contributed by atoms with E-state index in [1.165, 1.54) is 17.1 Å². The van der Waals surface area contributed by atoms with Crippen LogP contribution in [0.5, 0.6) is 0 Å². The van der Waals surface area contributed by atoms with Crippen LogP contribution in [0.25, 0.3) is 0 Å². The molecule has 1 aliphatic rings. The Morgan fingerprint density at radius 1 is 1.25 bits per heavy atom. The molecule has 0 radical (unpaired) electrons. The SMILES string of the molecule is CCS[C@H](C)c1ccccc1[Se]C[C@]1(c2ccccc2)C[C@H](C(=O)OC)CO1. The van der Waals surface area contributed by atoms with Crippen molar-refractivity contribution in [3.05, 3.63) is 65.7 Å². The summed E-state index contributed by atoms with van der Waals surface area (Å²) < 4.78 is 12.8. The van der Waals surface area contributed by atoms with Crippen molar-refractivity contribution in [3.63, 3.8) is 0 Å². The molecule has 1 fully saturated rings. The molecular weight excluding hydrogens is 435 g/mol. The molecule has 0 aromatic heterocycles. The molecule has 1 heterocycles. The topological polar surface area (TPSA) is 35.5 Å². The normalized spacial score (nSPS) is 22.8. The molecule has 2 aromatic carbocycles. The van der Waals surface area contributed by atoms with Crippen LogP contribution in [0, 0.1) is 5.92 Å². The second-order valence-electron chi connectivity index (χ2n) is 7.02. The molecular formula is C23H28O3SSe. The van der Waals surface area contributed by atoms with Gasteiger partial charge in [0.15, 0.2) is 0 Å². The van der Waals surface area contributed by atoms with Crippen LogP contribution in [0.1, 0.15) is 36.6 Å². The average Bonchev–Trinajstić information content (AvgIpc) is 3.18. The van der Waals surface area contributed by atoms with Crippen LogP contribution < -0.4 is 4.46 Å². The average molecular weight is 464 g/mol. The quantitative estimate of drug-likeness (QED) is 0.431. The molecule has 3 rings (SSSR count). The molecule has 150 valence electrons. The third kappa shape index (κ3) is 4.83. The molecule has 0 aliphatic carbocycles. The number of benzene rings is 2. The van der Waals surface area contributed by atoms with Gasteiger partial charge in [-0.05, 0) is 0 Å². The van der Waals surface area contributed by atoms with Gasteiger partial charge in [0.25, 0.3) is 0 Å². The first-order valence-electron chi connectivity index (χ1n) is 9.70. The van der Waals surface area contributed by atoms with E-state index in [-0.39, 0.29) is 26.8 Å². The van der Waals surface area contributed by atoms with E-state index in [4.69, 9.17) is 9.47 Å². The Morgan fingerprint density at radius 3 is 2.68 bits per heavy atom. The van der Waals surface area contributed by atoms with E-state index >= 15 is 0 Å². The number of hydrogen-bond acceptors (Lipinski definition) is 4. The fraction of sp³-hybridized carbons (Fsp3) is 0.435. The van der Waals surface area contributed by atoms with Gasteiger partial charge in [0.2, 0.25) is 0 Å². The summed E-state index contributed by atoms with van der Waals surface area (Å²) in [7, 11) is 1.46. The Labute approximate surface area is 178 Å². The Balaban J connectivity index is 1.84. The van der Waals surface area contributed by atoms with Crippen molar-refractivity contribution >= 4 is 37.1 Å². The van der Waals surface area contributed by atoms with E-state index in [0.29, 0.717) is 18.3 Å². The van der Waals surface area contributed by atoms with Gasteiger partial charge in [-0.1, -0.05) is 0 Å². The van der Waals surface area contributed by atoms with E-state index in [0.717, 1.165) is 16.6 Å². The zero-order valence-electron chi connectivity index (χ0n) is 16.7. The Kier molecular flexibility index (Phi) is 7.64. The number of carbonyl (C=O) groups is 1. The summed E-state index contributed by atoms with van der Waals surface area (Å²) in [6.45, 7) is 4.93. The third-order valence-corrected chi connectivity index (χ3v) is 9.01. The summed E-state index contributed by atoms with van der Waals surface area (Å²) in [4.78, 5) is 12.1. The number of esters is 1. The van der Waals surface area contributed by atoms with E-state index in [2.05, 4.69) is 50.2 Å².